The maximum absolute atomic E-state index is 4.96. The summed E-state index contributed by atoms with van der Waals surface area (Å²) in [7, 11) is 2.18. The fraction of sp³-hybridized carbons (Fsp3) is 0.316. The monoisotopic (exact) mass is 306 g/mol. The van der Waals surface area contributed by atoms with Crippen molar-refractivity contribution in [2.24, 2.45) is 0 Å². The van der Waals surface area contributed by atoms with E-state index in [9.17, 15) is 0 Å². The highest BCUT2D eigenvalue weighted by Crippen LogP contribution is 2.27. The number of fused-ring (bicyclic) bond motifs is 1. The molecule has 23 heavy (non-hydrogen) atoms. The fourth-order valence-electron chi connectivity index (χ4n) is 3.24. The standard InChI is InChI=1S/C19H22N4/c1-21-11-13-22(14-12-21)19-17-9-5-6-10-18(17)23(20-19)15-16-7-3-2-4-8-16/h2-10H,11-15H2,1H3. The largest absolute Gasteiger partial charge is 0.352 e. The van der Waals surface area contributed by atoms with Crippen molar-refractivity contribution in [2.45, 2.75) is 6.54 Å². The molecule has 1 fully saturated rings. The Hall–Kier alpha value is -2.33. The van der Waals surface area contributed by atoms with Gasteiger partial charge in [0.2, 0.25) is 0 Å². The molecule has 0 spiro atoms. The average molecular weight is 306 g/mol. The highest BCUT2D eigenvalue weighted by Gasteiger charge is 2.20. The van der Waals surface area contributed by atoms with Crippen molar-refractivity contribution in [3.63, 3.8) is 0 Å². The molecule has 0 radical (unpaired) electrons. The zero-order valence-electron chi connectivity index (χ0n) is 13.5. The van der Waals surface area contributed by atoms with Crippen LogP contribution in [0.5, 0.6) is 0 Å². The normalized spacial score (nSPS) is 16.1. The van der Waals surface area contributed by atoms with Crippen LogP contribution in [0.1, 0.15) is 5.56 Å². The van der Waals surface area contributed by atoms with Gasteiger partial charge in [-0.1, -0.05) is 42.5 Å². The van der Waals surface area contributed by atoms with Crippen LogP contribution in [0.3, 0.4) is 0 Å². The first-order valence-corrected chi connectivity index (χ1v) is 8.24. The van der Waals surface area contributed by atoms with Crippen LogP contribution in [0.25, 0.3) is 10.9 Å². The molecule has 4 nitrogen and oxygen atoms in total. The molecular weight excluding hydrogens is 284 g/mol. The zero-order valence-corrected chi connectivity index (χ0v) is 13.5. The third-order valence-corrected chi connectivity index (χ3v) is 4.62. The summed E-state index contributed by atoms with van der Waals surface area (Å²) >= 11 is 0. The highest BCUT2D eigenvalue weighted by molar-refractivity contribution is 5.90. The van der Waals surface area contributed by atoms with E-state index in [1.165, 1.54) is 16.5 Å². The summed E-state index contributed by atoms with van der Waals surface area (Å²) in [5.41, 5.74) is 2.50. The summed E-state index contributed by atoms with van der Waals surface area (Å²) in [5, 5.41) is 6.21. The second kappa shape index (κ2) is 6.05. The molecule has 2 aromatic carbocycles. The molecule has 1 aromatic heterocycles. The Kier molecular flexibility index (Phi) is 3.75. The van der Waals surface area contributed by atoms with Crippen molar-refractivity contribution in [1.82, 2.24) is 14.7 Å². The lowest BCUT2D eigenvalue weighted by molar-refractivity contribution is 0.312. The Morgan fingerprint density at radius 3 is 2.35 bits per heavy atom. The first kappa shape index (κ1) is 14.3. The minimum absolute atomic E-state index is 0.815. The SMILES string of the molecule is CN1CCN(c2nn(Cc3ccccc3)c3ccccc23)CC1. The van der Waals surface area contributed by atoms with Gasteiger partial charge in [-0.2, -0.15) is 5.10 Å². The Balaban J connectivity index is 1.71. The molecule has 0 bridgehead atoms. The molecule has 0 N–H and O–H groups in total. The van der Waals surface area contributed by atoms with Gasteiger partial charge < -0.3 is 9.80 Å². The average Bonchev–Trinajstić information content (AvgIpc) is 2.95. The predicted molar refractivity (Wildman–Crippen MR) is 95.0 cm³/mol. The van der Waals surface area contributed by atoms with Crippen molar-refractivity contribution in [3.8, 4) is 0 Å². The molecule has 0 atom stereocenters. The van der Waals surface area contributed by atoms with E-state index in [-0.39, 0.29) is 0 Å². The van der Waals surface area contributed by atoms with Crippen LogP contribution in [0.15, 0.2) is 54.6 Å². The Morgan fingerprint density at radius 2 is 1.57 bits per heavy atom. The summed E-state index contributed by atoms with van der Waals surface area (Å²) in [5.74, 6) is 1.13. The Morgan fingerprint density at radius 1 is 0.870 bits per heavy atom. The van der Waals surface area contributed by atoms with Gasteiger partial charge >= 0.3 is 0 Å². The number of benzene rings is 2. The molecule has 3 aromatic rings. The molecule has 2 heterocycles. The molecule has 0 amide bonds. The lowest BCUT2D eigenvalue weighted by Gasteiger charge is -2.32. The minimum atomic E-state index is 0.815. The van der Waals surface area contributed by atoms with Crippen molar-refractivity contribution in [3.05, 3.63) is 60.2 Å². The highest BCUT2D eigenvalue weighted by atomic mass is 15.4. The smallest absolute Gasteiger partial charge is 0.158 e. The van der Waals surface area contributed by atoms with E-state index >= 15 is 0 Å². The van der Waals surface area contributed by atoms with Gasteiger partial charge in [-0.15, -0.1) is 0 Å². The van der Waals surface area contributed by atoms with Gasteiger partial charge in [0.05, 0.1) is 12.1 Å². The van der Waals surface area contributed by atoms with Gasteiger partial charge in [0.15, 0.2) is 5.82 Å². The van der Waals surface area contributed by atoms with Gasteiger partial charge in [-0.3, -0.25) is 4.68 Å². The van der Waals surface area contributed by atoms with Gasteiger partial charge in [-0.25, -0.2) is 0 Å². The molecular formula is C19H22N4. The fourth-order valence-corrected chi connectivity index (χ4v) is 3.24. The van der Waals surface area contributed by atoms with Crippen LogP contribution in [-0.4, -0.2) is 47.9 Å². The lowest BCUT2D eigenvalue weighted by Crippen LogP contribution is -2.44. The van der Waals surface area contributed by atoms with Crippen molar-refractivity contribution < 1.29 is 0 Å². The first-order valence-electron chi connectivity index (χ1n) is 8.24. The summed E-state index contributed by atoms with van der Waals surface area (Å²) in [6.07, 6.45) is 0. The number of nitrogens with zero attached hydrogens (tertiary/aromatic N) is 4. The van der Waals surface area contributed by atoms with E-state index in [2.05, 4.69) is 76.1 Å². The van der Waals surface area contributed by atoms with E-state index in [1.54, 1.807) is 0 Å². The molecule has 1 aliphatic heterocycles. The van der Waals surface area contributed by atoms with Crippen LogP contribution >= 0.6 is 0 Å². The van der Waals surface area contributed by atoms with E-state index < -0.39 is 0 Å². The molecule has 1 aliphatic rings. The number of aromatic nitrogens is 2. The molecule has 4 heteroatoms. The first-order chi connectivity index (χ1) is 11.3. The third kappa shape index (κ3) is 2.82. The van der Waals surface area contributed by atoms with E-state index in [4.69, 9.17) is 5.10 Å². The number of piperazine rings is 1. The van der Waals surface area contributed by atoms with Crippen LogP contribution in [0.4, 0.5) is 5.82 Å². The zero-order chi connectivity index (χ0) is 15.6. The number of rotatable bonds is 3. The van der Waals surface area contributed by atoms with Crippen molar-refractivity contribution >= 4 is 16.7 Å². The van der Waals surface area contributed by atoms with E-state index in [1.807, 2.05) is 0 Å². The maximum atomic E-state index is 4.96. The topological polar surface area (TPSA) is 24.3 Å². The molecule has 4 rings (SSSR count). The number of anilines is 1. The minimum Gasteiger partial charge on any atom is -0.352 e. The van der Waals surface area contributed by atoms with Crippen molar-refractivity contribution in [1.29, 1.82) is 0 Å². The third-order valence-electron chi connectivity index (χ3n) is 4.62. The van der Waals surface area contributed by atoms with Gasteiger partial charge in [0, 0.05) is 31.6 Å². The summed E-state index contributed by atoms with van der Waals surface area (Å²) in [6.45, 7) is 5.10. The molecule has 0 saturated carbocycles. The summed E-state index contributed by atoms with van der Waals surface area (Å²) < 4.78 is 2.14. The van der Waals surface area contributed by atoms with E-state index in [0.29, 0.717) is 0 Å². The van der Waals surface area contributed by atoms with Crippen LogP contribution in [0.2, 0.25) is 0 Å². The quantitative estimate of drug-likeness (QED) is 0.744. The van der Waals surface area contributed by atoms with Crippen molar-refractivity contribution in [2.75, 3.05) is 38.1 Å². The maximum Gasteiger partial charge on any atom is 0.158 e. The number of para-hydroxylation sites is 1. The van der Waals surface area contributed by atoms with Crippen LogP contribution in [0, 0.1) is 0 Å². The summed E-state index contributed by atoms with van der Waals surface area (Å²) in [6, 6.07) is 19.1. The Bertz CT molecular complexity index is 785. The number of hydrogen-bond donors (Lipinski definition) is 0. The number of likely N-dealkylation sites (N-methyl/N-ethyl adjacent to an activating group) is 1. The number of hydrogen-bond acceptors (Lipinski definition) is 3. The van der Waals surface area contributed by atoms with Crippen LogP contribution in [-0.2, 0) is 6.54 Å². The molecule has 0 aliphatic carbocycles. The second-order valence-electron chi connectivity index (χ2n) is 6.27. The lowest BCUT2D eigenvalue weighted by atomic mass is 10.2. The molecule has 118 valence electrons. The summed E-state index contributed by atoms with van der Waals surface area (Å²) in [4.78, 5) is 4.80. The van der Waals surface area contributed by atoms with Gasteiger partial charge in [0.25, 0.3) is 0 Å². The second-order valence-corrected chi connectivity index (χ2v) is 6.27. The predicted octanol–water partition coefficient (Wildman–Crippen LogP) is 2.84. The van der Waals surface area contributed by atoms with Crippen LogP contribution < -0.4 is 4.90 Å². The van der Waals surface area contributed by atoms with E-state index in [0.717, 1.165) is 38.5 Å². The Labute approximate surface area is 136 Å². The van der Waals surface area contributed by atoms with Gasteiger partial charge in [0.1, 0.15) is 0 Å². The van der Waals surface area contributed by atoms with Gasteiger partial charge in [-0.05, 0) is 24.7 Å². The molecule has 1 saturated heterocycles. The molecule has 0 unspecified atom stereocenters.